The molecular weight excluding hydrogens is 214 g/mol. The molecule has 1 heterocycles. The number of nitrogens with zero attached hydrogens (tertiary/aromatic N) is 1. The Morgan fingerprint density at radius 1 is 1.47 bits per heavy atom. The van der Waals surface area contributed by atoms with Crippen LogP contribution in [-0.2, 0) is 16.8 Å². The Bertz CT molecular complexity index is 484. The zero-order valence-corrected chi connectivity index (χ0v) is 9.43. The number of rotatable bonds is 1. The third kappa shape index (κ3) is 1.78. The highest BCUT2D eigenvalue weighted by Crippen LogP contribution is 2.27. The first kappa shape index (κ1) is 10.3. The first-order valence-electron chi connectivity index (χ1n) is 4.58. The van der Waals surface area contributed by atoms with E-state index in [1.165, 1.54) is 4.31 Å². The molecule has 0 saturated heterocycles. The van der Waals surface area contributed by atoms with Crippen LogP contribution in [0.2, 0.25) is 0 Å². The summed E-state index contributed by atoms with van der Waals surface area (Å²) in [5, 5.41) is 2.97. The highest BCUT2D eigenvalue weighted by atomic mass is 32.2. The molecule has 82 valence electrons. The van der Waals surface area contributed by atoms with Crippen LogP contribution < -0.4 is 10.0 Å². The van der Waals surface area contributed by atoms with Crippen molar-refractivity contribution < 1.29 is 8.42 Å². The minimum absolute atomic E-state index is 0.411. The lowest BCUT2D eigenvalue weighted by atomic mass is 10.1. The Kier molecular flexibility index (Phi) is 2.32. The Morgan fingerprint density at radius 3 is 2.87 bits per heavy atom. The van der Waals surface area contributed by atoms with E-state index >= 15 is 0 Å². The van der Waals surface area contributed by atoms with E-state index in [1.807, 2.05) is 12.1 Å². The first-order chi connectivity index (χ1) is 7.03. The van der Waals surface area contributed by atoms with Gasteiger partial charge in [0.05, 0.1) is 5.69 Å². The van der Waals surface area contributed by atoms with Gasteiger partial charge in [-0.2, -0.15) is 12.7 Å². The molecule has 5 nitrogen and oxygen atoms in total. The van der Waals surface area contributed by atoms with Gasteiger partial charge in [0.2, 0.25) is 0 Å². The summed E-state index contributed by atoms with van der Waals surface area (Å²) in [6, 6.07) is 5.63. The monoisotopic (exact) mass is 227 g/mol. The molecule has 15 heavy (non-hydrogen) atoms. The van der Waals surface area contributed by atoms with Crippen molar-refractivity contribution in [1.82, 2.24) is 4.31 Å². The smallest absolute Gasteiger partial charge is 0.301 e. The minimum atomic E-state index is -3.34. The lowest BCUT2D eigenvalue weighted by Gasteiger charge is -2.26. The second kappa shape index (κ2) is 3.39. The average Bonchev–Trinajstić information content (AvgIpc) is 2.18. The normalized spacial score (nSPS) is 19.1. The van der Waals surface area contributed by atoms with E-state index in [-0.39, 0.29) is 0 Å². The molecular formula is C9H13N3O2S. The van der Waals surface area contributed by atoms with Gasteiger partial charge in [-0.05, 0) is 17.7 Å². The molecule has 0 amide bonds. The molecule has 0 fully saturated rings. The summed E-state index contributed by atoms with van der Waals surface area (Å²) in [6.45, 7) is 0.411. The van der Waals surface area contributed by atoms with Gasteiger partial charge in [-0.15, -0.1) is 0 Å². The molecule has 0 unspecified atom stereocenters. The molecule has 1 aromatic carbocycles. The molecule has 0 bridgehead atoms. The summed E-state index contributed by atoms with van der Waals surface area (Å²) in [5.74, 6) is 0. The summed E-state index contributed by atoms with van der Waals surface area (Å²) in [4.78, 5) is 0. The zero-order chi connectivity index (χ0) is 11.1. The van der Waals surface area contributed by atoms with Crippen molar-refractivity contribution in [3.05, 3.63) is 23.8 Å². The topological polar surface area (TPSA) is 61.4 Å². The van der Waals surface area contributed by atoms with Crippen LogP contribution in [0.1, 0.15) is 5.56 Å². The van der Waals surface area contributed by atoms with Gasteiger partial charge in [0.15, 0.2) is 0 Å². The summed E-state index contributed by atoms with van der Waals surface area (Å²) < 4.78 is 26.9. The van der Waals surface area contributed by atoms with Crippen molar-refractivity contribution in [2.75, 3.05) is 24.1 Å². The van der Waals surface area contributed by atoms with E-state index in [0.29, 0.717) is 12.2 Å². The number of hydrogen-bond acceptors (Lipinski definition) is 3. The molecule has 0 atom stereocenters. The van der Waals surface area contributed by atoms with Crippen LogP contribution in [-0.4, -0.2) is 26.8 Å². The summed E-state index contributed by atoms with van der Waals surface area (Å²) in [7, 11) is 0.00535. The number of fused-ring (bicyclic) bond motifs is 1. The van der Waals surface area contributed by atoms with E-state index in [0.717, 1.165) is 11.3 Å². The molecule has 1 aromatic rings. The maximum Gasteiger partial charge on any atom is 0.301 e. The third-order valence-electron chi connectivity index (χ3n) is 2.44. The van der Waals surface area contributed by atoms with E-state index in [4.69, 9.17) is 0 Å². The molecule has 2 N–H and O–H groups in total. The molecule has 0 aromatic heterocycles. The maximum absolute atomic E-state index is 11.5. The fourth-order valence-electron chi connectivity index (χ4n) is 1.51. The van der Waals surface area contributed by atoms with Crippen LogP contribution in [0.3, 0.4) is 0 Å². The summed E-state index contributed by atoms with van der Waals surface area (Å²) in [6.07, 6.45) is 0. The van der Waals surface area contributed by atoms with Crippen molar-refractivity contribution in [3.8, 4) is 0 Å². The van der Waals surface area contributed by atoms with Gasteiger partial charge in [0.1, 0.15) is 0 Å². The van der Waals surface area contributed by atoms with Gasteiger partial charge >= 0.3 is 10.2 Å². The minimum Gasteiger partial charge on any atom is -0.388 e. The quantitative estimate of drug-likeness (QED) is 0.747. The fourth-order valence-corrected chi connectivity index (χ4v) is 2.44. The largest absolute Gasteiger partial charge is 0.388 e. The van der Waals surface area contributed by atoms with E-state index in [1.54, 1.807) is 20.2 Å². The lowest BCUT2D eigenvalue weighted by Crippen LogP contribution is -2.36. The van der Waals surface area contributed by atoms with E-state index < -0.39 is 10.2 Å². The number of anilines is 2. The molecule has 0 saturated carbocycles. The second-order valence-corrected chi connectivity index (χ2v) is 5.26. The Hall–Kier alpha value is -1.27. The van der Waals surface area contributed by atoms with Gasteiger partial charge in [-0.25, -0.2) is 0 Å². The fraction of sp³-hybridized carbons (Fsp3) is 0.333. The standard InChI is InChI=1S/C9H13N3O2S/c1-10-8-4-3-7-6-12(2)15(13,14)11-9(7)5-8/h3-5,10-11H,6H2,1-2H3. The SMILES string of the molecule is CNc1ccc2c(c1)NS(=O)(=O)N(C)C2. The average molecular weight is 227 g/mol. The van der Waals surface area contributed by atoms with Crippen molar-refractivity contribution in [2.45, 2.75) is 6.54 Å². The third-order valence-corrected chi connectivity index (χ3v) is 3.87. The predicted molar refractivity (Wildman–Crippen MR) is 60.0 cm³/mol. The Morgan fingerprint density at radius 2 is 2.20 bits per heavy atom. The molecule has 1 aliphatic heterocycles. The molecule has 1 aliphatic rings. The lowest BCUT2D eigenvalue weighted by molar-refractivity contribution is 0.466. The van der Waals surface area contributed by atoms with Crippen LogP contribution in [0.4, 0.5) is 11.4 Å². The number of nitrogens with one attached hydrogen (secondary N) is 2. The number of benzene rings is 1. The van der Waals surface area contributed by atoms with Crippen LogP contribution >= 0.6 is 0 Å². The molecule has 0 aliphatic carbocycles. The van der Waals surface area contributed by atoms with Crippen molar-refractivity contribution in [1.29, 1.82) is 0 Å². The number of hydrogen-bond donors (Lipinski definition) is 2. The highest BCUT2D eigenvalue weighted by molar-refractivity contribution is 7.90. The molecule has 0 radical (unpaired) electrons. The molecule has 6 heteroatoms. The van der Waals surface area contributed by atoms with Gasteiger partial charge in [0.25, 0.3) is 0 Å². The van der Waals surface area contributed by atoms with Gasteiger partial charge in [-0.3, -0.25) is 4.72 Å². The van der Waals surface area contributed by atoms with Gasteiger partial charge in [-0.1, -0.05) is 6.07 Å². The van der Waals surface area contributed by atoms with Crippen LogP contribution in [0, 0.1) is 0 Å². The van der Waals surface area contributed by atoms with Crippen LogP contribution in [0.15, 0.2) is 18.2 Å². The van der Waals surface area contributed by atoms with Gasteiger partial charge in [0, 0.05) is 26.3 Å². The van der Waals surface area contributed by atoms with E-state index in [9.17, 15) is 8.42 Å². The predicted octanol–water partition coefficient (Wildman–Crippen LogP) is 0.830. The second-order valence-electron chi connectivity index (χ2n) is 3.49. The van der Waals surface area contributed by atoms with Crippen LogP contribution in [0.5, 0.6) is 0 Å². The van der Waals surface area contributed by atoms with Crippen molar-refractivity contribution in [2.24, 2.45) is 0 Å². The Labute approximate surface area is 89.3 Å². The highest BCUT2D eigenvalue weighted by Gasteiger charge is 2.25. The van der Waals surface area contributed by atoms with Gasteiger partial charge < -0.3 is 5.32 Å². The molecule has 0 spiro atoms. The molecule has 2 rings (SSSR count). The summed E-state index contributed by atoms with van der Waals surface area (Å²) in [5.41, 5.74) is 2.52. The summed E-state index contributed by atoms with van der Waals surface area (Å²) >= 11 is 0. The van der Waals surface area contributed by atoms with Crippen molar-refractivity contribution >= 4 is 21.6 Å². The Balaban J connectivity index is 2.46. The van der Waals surface area contributed by atoms with E-state index in [2.05, 4.69) is 10.0 Å². The van der Waals surface area contributed by atoms with Crippen LogP contribution in [0.25, 0.3) is 0 Å². The maximum atomic E-state index is 11.5. The zero-order valence-electron chi connectivity index (χ0n) is 8.61. The first-order valence-corrected chi connectivity index (χ1v) is 6.02. The van der Waals surface area contributed by atoms with Crippen molar-refractivity contribution in [3.63, 3.8) is 0 Å².